The number of benzene rings is 1. The molecule has 0 bridgehead atoms. The van der Waals surface area contributed by atoms with E-state index in [-0.39, 0.29) is 5.97 Å². The number of halogens is 2. The van der Waals surface area contributed by atoms with Crippen LogP contribution in [0.4, 0.5) is 0 Å². The van der Waals surface area contributed by atoms with Crippen LogP contribution < -0.4 is 0 Å². The summed E-state index contributed by atoms with van der Waals surface area (Å²) >= 11 is 9.48. The molecule has 19 heavy (non-hydrogen) atoms. The van der Waals surface area contributed by atoms with Crippen LogP contribution in [0.1, 0.15) is 21.7 Å². The fourth-order valence-electron chi connectivity index (χ4n) is 2.10. The molecule has 2 rings (SSSR count). The summed E-state index contributed by atoms with van der Waals surface area (Å²) in [5.74, 6) is -0.331. The third-order valence-electron chi connectivity index (χ3n) is 3.00. The normalized spacial score (nSPS) is 10.6. The molecule has 0 N–H and O–H groups in total. The minimum Gasteiger partial charge on any atom is -0.465 e. The molecule has 0 spiro atoms. The number of carbonyl (C=O) groups excluding carboxylic acids is 1. The van der Waals surface area contributed by atoms with E-state index in [9.17, 15) is 4.79 Å². The number of methoxy groups -OCH3 is 1. The lowest BCUT2D eigenvalue weighted by atomic mass is 10.2. The van der Waals surface area contributed by atoms with Gasteiger partial charge in [0.25, 0.3) is 0 Å². The zero-order chi connectivity index (χ0) is 14.2. The number of hydrogen-bond donors (Lipinski definition) is 0. The molecule has 0 radical (unpaired) electrons. The van der Waals surface area contributed by atoms with Gasteiger partial charge in [-0.2, -0.15) is 0 Å². The van der Waals surface area contributed by atoms with Crippen LogP contribution in [0.25, 0.3) is 5.69 Å². The van der Waals surface area contributed by atoms with E-state index in [1.807, 2.05) is 42.7 Å². The second-order valence-electron chi connectivity index (χ2n) is 4.21. The minimum atomic E-state index is -0.331. The Labute approximate surface area is 125 Å². The number of aryl methyl sites for hydroxylation is 1. The van der Waals surface area contributed by atoms with E-state index in [2.05, 4.69) is 15.9 Å². The Kier molecular flexibility index (Phi) is 4.02. The van der Waals surface area contributed by atoms with Crippen LogP contribution >= 0.6 is 27.5 Å². The first-order chi connectivity index (χ1) is 8.95. The lowest BCUT2D eigenvalue weighted by molar-refractivity contribution is 0.0600. The molecule has 3 nitrogen and oxygen atoms in total. The van der Waals surface area contributed by atoms with Gasteiger partial charge in [-0.15, -0.1) is 0 Å². The van der Waals surface area contributed by atoms with Gasteiger partial charge in [0.2, 0.25) is 0 Å². The SMILES string of the molecule is COC(=O)c1cc(C)n(-c2ccc(Br)c(Cl)c2)c1C. The van der Waals surface area contributed by atoms with Gasteiger partial charge in [0.1, 0.15) is 0 Å². The maximum Gasteiger partial charge on any atom is 0.339 e. The average Bonchev–Trinajstić information content (AvgIpc) is 2.68. The predicted molar refractivity (Wildman–Crippen MR) is 79.3 cm³/mol. The number of hydrogen-bond acceptors (Lipinski definition) is 2. The molecule has 0 atom stereocenters. The quantitative estimate of drug-likeness (QED) is 0.762. The summed E-state index contributed by atoms with van der Waals surface area (Å²) in [7, 11) is 1.38. The molecule has 0 saturated carbocycles. The lowest BCUT2D eigenvalue weighted by Crippen LogP contribution is -2.04. The van der Waals surface area contributed by atoms with Gasteiger partial charge in [-0.1, -0.05) is 11.6 Å². The van der Waals surface area contributed by atoms with Crippen molar-refractivity contribution in [2.24, 2.45) is 0 Å². The third-order valence-corrected chi connectivity index (χ3v) is 4.23. The Bertz CT molecular complexity index is 649. The second-order valence-corrected chi connectivity index (χ2v) is 5.47. The highest BCUT2D eigenvalue weighted by atomic mass is 79.9. The van der Waals surface area contributed by atoms with E-state index in [0.29, 0.717) is 10.6 Å². The van der Waals surface area contributed by atoms with Crippen molar-refractivity contribution in [3.63, 3.8) is 0 Å². The molecular formula is C14H13BrClNO2. The summed E-state index contributed by atoms with van der Waals surface area (Å²) in [5.41, 5.74) is 3.27. The summed E-state index contributed by atoms with van der Waals surface area (Å²) in [6.07, 6.45) is 0. The molecule has 5 heteroatoms. The number of esters is 1. The topological polar surface area (TPSA) is 31.2 Å². The van der Waals surface area contributed by atoms with Crippen LogP contribution in [0, 0.1) is 13.8 Å². The van der Waals surface area contributed by atoms with Gasteiger partial charge in [0.05, 0.1) is 17.7 Å². The van der Waals surface area contributed by atoms with E-state index in [1.165, 1.54) is 7.11 Å². The fraction of sp³-hybridized carbons (Fsp3) is 0.214. The summed E-state index contributed by atoms with van der Waals surface area (Å²) in [6, 6.07) is 7.50. The third kappa shape index (κ3) is 2.55. The number of nitrogens with zero attached hydrogens (tertiary/aromatic N) is 1. The molecule has 0 amide bonds. The van der Waals surface area contributed by atoms with Crippen molar-refractivity contribution >= 4 is 33.5 Å². The number of aromatic nitrogens is 1. The zero-order valence-electron chi connectivity index (χ0n) is 10.8. The first-order valence-electron chi connectivity index (χ1n) is 5.68. The molecule has 0 unspecified atom stereocenters. The lowest BCUT2D eigenvalue weighted by Gasteiger charge is -2.10. The molecule has 0 aliphatic carbocycles. The molecule has 0 saturated heterocycles. The van der Waals surface area contributed by atoms with Crippen molar-refractivity contribution < 1.29 is 9.53 Å². The van der Waals surface area contributed by atoms with Crippen molar-refractivity contribution in [3.8, 4) is 5.69 Å². The molecule has 1 heterocycles. The van der Waals surface area contributed by atoms with E-state index < -0.39 is 0 Å². The largest absolute Gasteiger partial charge is 0.465 e. The monoisotopic (exact) mass is 341 g/mol. The highest BCUT2D eigenvalue weighted by molar-refractivity contribution is 9.10. The fourth-order valence-corrected chi connectivity index (χ4v) is 2.52. The van der Waals surface area contributed by atoms with Crippen molar-refractivity contribution in [1.82, 2.24) is 4.57 Å². The summed E-state index contributed by atoms with van der Waals surface area (Å²) < 4.78 is 7.60. The van der Waals surface area contributed by atoms with Gasteiger partial charge in [-0.25, -0.2) is 4.79 Å². The smallest absolute Gasteiger partial charge is 0.339 e. The first kappa shape index (κ1) is 14.2. The molecule has 0 aliphatic heterocycles. The predicted octanol–water partition coefficient (Wildman–Crippen LogP) is 4.30. The summed E-state index contributed by atoms with van der Waals surface area (Å²) in [4.78, 5) is 11.7. The van der Waals surface area contributed by atoms with Crippen LogP contribution in [0.3, 0.4) is 0 Å². The summed E-state index contributed by atoms with van der Waals surface area (Å²) in [6.45, 7) is 3.82. The van der Waals surface area contributed by atoms with Gasteiger partial charge < -0.3 is 9.30 Å². The molecule has 2 aromatic rings. The Morgan fingerprint density at radius 2 is 2.00 bits per heavy atom. The second kappa shape index (κ2) is 5.39. The minimum absolute atomic E-state index is 0.331. The van der Waals surface area contributed by atoms with Gasteiger partial charge in [-0.05, 0) is 54.0 Å². The van der Waals surface area contributed by atoms with Crippen LogP contribution in [-0.2, 0) is 4.74 Å². The number of rotatable bonds is 2. The van der Waals surface area contributed by atoms with Gasteiger partial charge in [0.15, 0.2) is 0 Å². The standard InChI is InChI=1S/C14H13BrClNO2/c1-8-6-11(14(18)19-3)9(2)17(8)10-4-5-12(15)13(16)7-10/h4-7H,1-3H3. The molecule has 0 aliphatic rings. The van der Waals surface area contributed by atoms with Crippen molar-refractivity contribution in [3.05, 3.63) is 50.7 Å². The van der Waals surface area contributed by atoms with Crippen LogP contribution in [-0.4, -0.2) is 17.6 Å². The van der Waals surface area contributed by atoms with Gasteiger partial charge in [-0.3, -0.25) is 0 Å². The molecule has 1 aromatic carbocycles. The maximum absolute atomic E-state index is 11.7. The molecule has 0 fully saturated rings. The molecule has 100 valence electrons. The Hall–Kier alpha value is -1.26. The van der Waals surface area contributed by atoms with Gasteiger partial charge in [0, 0.05) is 21.5 Å². The van der Waals surface area contributed by atoms with E-state index >= 15 is 0 Å². The van der Waals surface area contributed by atoms with Crippen molar-refractivity contribution in [2.75, 3.05) is 7.11 Å². The van der Waals surface area contributed by atoms with Crippen LogP contribution in [0.5, 0.6) is 0 Å². The summed E-state index contributed by atoms with van der Waals surface area (Å²) in [5, 5.41) is 0.629. The van der Waals surface area contributed by atoms with Crippen molar-refractivity contribution in [1.29, 1.82) is 0 Å². The zero-order valence-corrected chi connectivity index (χ0v) is 13.2. The van der Waals surface area contributed by atoms with Crippen LogP contribution in [0.2, 0.25) is 5.02 Å². The van der Waals surface area contributed by atoms with Crippen molar-refractivity contribution in [2.45, 2.75) is 13.8 Å². The van der Waals surface area contributed by atoms with E-state index in [4.69, 9.17) is 16.3 Å². The highest BCUT2D eigenvalue weighted by Crippen LogP contribution is 2.28. The number of ether oxygens (including phenoxy) is 1. The highest BCUT2D eigenvalue weighted by Gasteiger charge is 2.17. The number of carbonyl (C=O) groups is 1. The maximum atomic E-state index is 11.7. The van der Waals surface area contributed by atoms with Gasteiger partial charge >= 0.3 is 5.97 Å². The average molecular weight is 343 g/mol. The Balaban J connectivity index is 2.59. The first-order valence-corrected chi connectivity index (χ1v) is 6.85. The van der Waals surface area contributed by atoms with E-state index in [1.54, 1.807) is 0 Å². The molecule has 1 aromatic heterocycles. The molecular weight excluding hydrogens is 330 g/mol. The Morgan fingerprint density at radius 1 is 1.32 bits per heavy atom. The Morgan fingerprint density at radius 3 is 2.58 bits per heavy atom. The van der Waals surface area contributed by atoms with E-state index in [0.717, 1.165) is 21.5 Å². The van der Waals surface area contributed by atoms with Crippen LogP contribution in [0.15, 0.2) is 28.7 Å².